The largest absolute Gasteiger partial charge is 0.507 e. The van der Waals surface area contributed by atoms with E-state index in [4.69, 9.17) is 5.73 Å². The van der Waals surface area contributed by atoms with Gasteiger partial charge in [-0.3, -0.25) is 4.79 Å². The highest BCUT2D eigenvalue weighted by Crippen LogP contribution is 2.31. The van der Waals surface area contributed by atoms with Crippen molar-refractivity contribution in [1.29, 1.82) is 0 Å². The Morgan fingerprint density at radius 2 is 2.29 bits per heavy atom. The highest BCUT2D eigenvalue weighted by molar-refractivity contribution is 5.96. The van der Waals surface area contributed by atoms with Crippen LogP contribution in [0.5, 0.6) is 5.75 Å². The molecule has 0 aliphatic heterocycles. The summed E-state index contributed by atoms with van der Waals surface area (Å²) in [5, 5.41) is 12.0. The van der Waals surface area contributed by atoms with Crippen LogP contribution in [-0.4, -0.2) is 23.6 Å². The van der Waals surface area contributed by atoms with Crippen molar-refractivity contribution >= 4 is 5.91 Å². The molecular weight excluding hydrogens is 223 g/mol. The molecule has 4 nitrogen and oxygen atoms in total. The Kier molecular flexibility index (Phi) is 3.28. The van der Waals surface area contributed by atoms with Gasteiger partial charge in [-0.25, -0.2) is 4.39 Å². The lowest BCUT2D eigenvalue weighted by Crippen LogP contribution is -2.38. The highest BCUT2D eigenvalue weighted by atomic mass is 19.1. The van der Waals surface area contributed by atoms with Gasteiger partial charge in [0.15, 0.2) is 0 Å². The summed E-state index contributed by atoms with van der Waals surface area (Å²) < 4.78 is 12.9. The monoisotopic (exact) mass is 238 g/mol. The zero-order chi connectivity index (χ0) is 12.4. The Hall–Kier alpha value is -1.62. The van der Waals surface area contributed by atoms with Gasteiger partial charge in [0.2, 0.25) is 0 Å². The van der Waals surface area contributed by atoms with Crippen molar-refractivity contribution in [1.82, 2.24) is 5.32 Å². The maximum atomic E-state index is 12.9. The van der Waals surface area contributed by atoms with Gasteiger partial charge in [0.1, 0.15) is 11.6 Å². The SMILES string of the molecule is NC(CNC(=O)c1cc(F)ccc1O)C1CC1. The molecule has 1 aliphatic carbocycles. The smallest absolute Gasteiger partial charge is 0.255 e. The Morgan fingerprint density at radius 3 is 2.94 bits per heavy atom. The molecule has 1 saturated carbocycles. The van der Waals surface area contributed by atoms with Gasteiger partial charge in [0.05, 0.1) is 5.56 Å². The van der Waals surface area contributed by atoms with Crippen molar-refractivity contribution in [2.45, 2.75) is 18.9 Å². The molecule has 0 bridgehead atoms. The van der Waals surface area contributed by atoms with E-state index in [0.717, 1.165) is 31.0 Å². The normalized spacial score (nSPS) is 16.6. The van der Waals surface area contributed by atoms with Gasteiger partial charge < -0.3 is 16.2 Å². The summed E-state index contributed by atoms with van der Waals surface area (Å²) in [5.74, 6) is -0.808. The quantitative estimate of drug-likeness (QED) is 0.732. The van der Waals surface area contributed by atoms with Crippen molar-refractivity contribution < 1.29 is 14.3 Å². The number of rotatable bonds is 4. The number of phenols is 1. The van der Waals surface area contributed by atoms with E-state index in [2.05, 4.69) is 5.32 Å². The molecular formula is C12H15FN2O2. The molecule has 1 amide bonds. The van der Waals surface area contributed by atoms with Gasteiger partial charge in [-0.2, -0.15) is 0 Å². The van der Waals surface area contributed by atoms with Crippen molar-refractivity contribution in [2.24, 2.45) is 11.7 Å². The lowest BCUT2D eigenvalue weighted by molar-refractivity contribution is 0.0947. The average Bonchev–Trinajstić information content (AvgIpc) is 3.12. The van der Waals surface area contributed by atoms with E-state index in [-0.39, 0.29) is 17.4 Å². The third kappa shape index (κ3) is 2.94. The number of phenolic OH excluding ortho intramolecular Hbond substituents is 1. The number of benzene rings is 1. The van der Waals surface area contributed by atoms with Crippen LogP contribution in [0, 0.1) is 11.7 Å². The molecule has 4 N–H and O–H groups in total. The Bertz CT molecular complexity index is 433. The van der Waals surface area contributed by atoms with Gasteiger partial charge in [0.25, 0.3) is 5.91 Å². The van der Waals surface area contributed by atoms with Gasteiger partial charge in [-0.05, 0) is 37.0 Å². The van der Waals surface area contributed by atoms with Crippen LogP contribution in [0.4, 0.5) is 4.39 Å². The first-order valence-electron chi connectivity index (χ1n) is 5.60. The van der Waals surface area contributed by atoms with Crippen LogP contribution in [0.1, 0.15) is 23.2 Å². The fraction of sp³-hybridized carbons (Fsp3) is 0.417. The first-order valence-corrected chi connectivity index (χ1v) is 5.60. The molecule has 1 unspecified atom stereocenters. The molecule has 2 rings (SSSR count). The predicted octanol–water partition coefficient (Wildman–Crippen LogP) is 0.998. The fourth-order valence-electron chi connectivity index (χ4n) is 1.69. The van der Waals surface area contributed by atoms with Crippen molar-refractivity contribution in [3.05, 3.63) is 29.6 Å². The number of hydrogen-bond acceptors (Lipinski definition) is 3. The fourth-order valence-corrected chi connectivity index (χ4v) is 1.69. The van der Waals surface area contributed by atoms with Gasteiger partial charge in [-0.15, -0.1) is 0 Å². The van der Waals surface area contributed by atoms with Crippen molar-refractivity contribution in [2.75, 3.05) is 6.54 Å². The number of nitrogens with one attached hydrogen (secondary N) is 1. The summed E-state index contributed by atoms with van der Waals surface area (Å²) in [6.45, 7) is 0.347. The number of aromatic hydroxyl groups is 1. The summed E-state index contributed by atoms with van der Waals surface area (Å²) in [4.78, 5) is 11.7. The molecule has 0 radical (unpaired) electrons. The molecule has 1 aliphatic rings. The van der Waals surface area contributed by atoms with E-state index < -0.39 is 11.7 Å². The lowest BCUT2D eigenvalue weighted by atomic mass is 10.1. The van der Waals surface area contributed by atoms with E-state index in [9.17, 15) is 14.3 Å². The van der Waals surface area contributed by atoms with Crippen LogP contribution in [0.15, 0.2) is 18.2 Å². The molecule has 5 heteroatoms. The summed E-state index contributed by atoms with van der Waals surface area (Å²) in [6, 6.07) is 3.20. The van der Waals surface area contributed by atoms with E-state index in [0.29, 0.717) is 12.5 Å². The molecule has 0 spiro atoms. The molecule has 0 heterocycles. The number of halogens is 1. The number of amides is 1. The number of carbonyl (C=O) groups excluding carboxylic acids is 1. The minimum Gasteiger partial charge on any atom is -0.507 e. The second-order valence-corrected chi connectivity index (χ2v) is 4.37. The molecule has 1 aromatic carbocycles. The maximum absolute atomic E-state index is 12.9. The third-order valence-corrected chi connectivity index (χ3v) is 2.93. The van der Waals surface area contributed by atoms with Crippen LogP contribution in [0.2, 0.25) is 0 Å². The summed E-state index contributed by atoms with van der Waals surface area (Å²) in [7, 11) is 0. The minimum atomic E-state index is -0.556. The number of nitrogens with two attached hydrogens (primary N) is 1. The molecule has 1 fully saturated rings. The second-order valence-electron chi connectivity index (χ2n) is 4.37. The first-order chi connectivity index (χ1) is 8.08. The van der Waals surface area contributed by atoms with Crippen LogP contribution in [0.25, 0.3) is 0 Å². The Morgan fingerprint density at radius 1 is 1.59 bits per heavy atom. The van der Waals surface area contributed by atoms with Crippen molar-refractivity contribution in [3.8, 4) is 5.75 Å². The summed E-state index contributed by atoms with van der Waals surface area (Å²) in [6.07, 6.45) is 2.20. The molecule has 17 heavy (non-hydrogen) atoms. The van der Waals surface area contributed by atoms with Crippen LogP contribution in [-0.2, 0) is 0 Å². The minimum absolute atomic E-state index is 0.0605. The van der Waals surface area contributed by atoms with E-state index in [1.165, 1.54) is 0 Å². The van der Waals surface area contributed by atoms with Gasteiger partial charge in [0, 0.05) is 12.6 Å². The summed E-state index contributed by atoms with van der Waals surface area (Å²) >= 11 is 0. The highest BCUT2D eigenvalue weighted by Gasteiger charge is 2.28. The van der Waals surface area contributed by atoms with Gasteiger partial charge >= 0.3 is 0 Å². The lowest BCUT2D eigenvalue weighted by Gasteiger charge is -2.12. The molecule has 1 atom stereocenters. The Labute approximate surface area is 98.6 Å². The standard InChI is InChI=1S/C12H15FN2O2/c13-8-3-4-11(16)9(5-8)12(17)15-6-10(14)7-1-2-7/h3-5,7,10,16H,1-2,6,14H2,(H,15,17). The van der Waals surface area contributed by atoms with Gasteiger partial charge in [-0.1, -0.05) is 0 Å². The van der Waals surface area contributed by atoms with E-state index in [1.54, 1.807) is 0 Å². The average molecular weight is 238 g/mol. The van der Waals surface area contributed by atoms with Crippen molar-refractivity contribution in [3.63, 3.8) is 0 Å². The number of carbonyl (C=O) groups is 1. The zero-order valence-corrected chi connectivity index (χ0v) is 9.32. The zero-order valence-electron chi connectivity index (χ0n) is 9.32. The molecule has 92 valence electrons. The maximum Gasteiger partial charge on any atom is 0.255 e. The Balaban J connectivity index is 1.96. The van der Waals surface area contributed by atoms with Crippen LogP contribution in [0.3, 0.4) is 0 Å². The van der Waals surface area contributed by atoms with Crippen LogP contribution < -0.4 is 11.1 Å². The third-order valence-electron chi connectivity index (χ3n) is 2.93. The summed E-state index contributed by atoms with van der Waals surface area (Å²) in [5.41, 5.74) is 5.76. The topological polar surface area (TPSA) is 75.3 Å². The van der Waals surface area contributed by atoms with Crippen LogP contribution >= 0.6 is 0 Å². The predicted molar refractivity (Wildman–Crippen MR) is 61.1 cm³/mol. The molecule has 1 aromatic rings. The number of hydrogen-bond donors (Lipinski definition) is 3. The molecule has 0 aromatic heterocycles. The van der Waals surface area contributed by atoms with E-state index >= 15 is 0 Å². The molecule has 0 saturated heterocycles. The second kappa shape index (κ2) is 4.71. The van der Waals surface area contributed by atoms with E-state index in [1.807, 2.05) is 0 Å². The first kappa shape index (κ1) is 11.9.